The van der Waals surface area contributed by atoms with Crippen molar-refractivity contribution in [1.29, 1.82) is 0 Å². The Hall–Kier alpha value is -2.25. The molecule has 1 aliphatic rings. The van der Waals surface area contributed by atoms with Gasteiger partial charge < -0.3 is 15.4 Å². The van der Waals surface area contributed by atoms with Gasteiger partial charge in [-0.25, -0.2) is 0 Å². The summed E-state index contributed by atoms with van der Waals surface area (Å²) in [5.41, 5.74) is 4.65. The number of halogens is 3. The number of fused-ring (bicyclic) bond motifs is 1. The van der Waals surface area contributed by atoms with Crippen LogP contribution in [0.2, 0.25) is 0 Å². The largest absolute Gasteiger partial charge is 0.465 e. The lowest BCUT2D eigenvalue weighted by atomic mass is 10.1. The Morgan fingerprint density at radius 1 is 1.48 bits per heavy atom. The summed E-state index contributed by atoms with van der Waals surface area (Å²) in [6.07, 6.45) is -3.10. The first-order valence-corrected chi connectivity index (χ1v) is 6.26. The molecule has 8 heteroatoms. The lowest BCUT2D eigenvalue weighted by Gasteiger charge is -2.27. The Balaban J connectivity index is 2.34. The summed E-state index contributed by atoms with van der Waals surface area (Å²) < 4.78 is 43.3. The Morgan fingerprint density at radius 3 is 2.81 bits per heavy atom. The van der Waals surface area contributed by atoms with Crippen LogP contribution in [-0.4, -0.2) is 31.9 Å². The van der Waals surface area contributed by atoms with Crippen LogP contribution in [0, 0.1) is 0 Å². The molecular formula is C13H14F3N3O2. The molecule has 0 unspecified atom stereocenters. The second kappa shape index (κ2) is 5.63. The zero-order valence-electron chi connectivity index (χ0n) is 11.3. The van der Waals surface area contributed by atoms with Gasteiger partial charge in [0.2, 0.25) is 0 Å². The molecule has 0 fully saturated rings. The molecule has 5 nitrogen and oxygen atoms in total. The molecular weight excluding hydrogens is 287 g/mol. The van der Waals surface area contributed by atoms with Crippen LogP contribution in [0.25, 0.3) is 0 Å². The maximum absolute atomic E-state index is 12.8. The van der Waals surface area contributed by atoms with Gasteiger partial charge in [-0.1, -0.05) is 0 Å². The van der Waals surface area contributed by atoms with Crippen molar-refractivity contribution in [2.45, 2.75) is 13.1 Å². The van der Waals surface area contributed by atoms with Crippen molar-refractivity contribution in [2.75, 3.05) is 30.3 Å². The summed E-state index contributed by atoms with van der Waals surface area (Å²) in [4.78, 5) is 17.0. The van der Waals surface area contributed by atoms with Crippen molar-refractivity contribution >= 4 is 29.2 Å². The molecule has 0 aromatic heterocycles. The first kappa shape index (κ1) is 15.1. The molecule has 0 atom stereocenters. The predicted octanol–water partition coefficient (Wildman–Crippen LogP) is 2.37. The zero-order chi connectivity index (χ0) is 15.6. The minimum atomic E-state index is -4.54. The van der Waals surface area contributed by atoms with Crippen molar-refractivity contribution in [1.82, 2.24) is 0 Å². The molecule has 0 bridgehead atoms. The van der Waals surface area contributed by atoms with Gasteiger partial charge in [-0.15, -0.1) is 0 Å². The van der Waals surface area contributed by atoms with Crippen molar-refractivity contribution in [3.8, 4) is 0 Å². The highest BCUT2D eigenvalue weighted by molar-refractivity contribution is 5.88. The lowest BCUT2D eigenvalue weighted by molar-refractivity contribution is -0.141. The summed E-state index contributed by atoms with van der Waals surface area (Å²) in [5, 5.41) is 0. The van der Waals surface area contributed by atoms with Crippen LogP contribution in [0.4, 0.5) is 30.2 Å². The van der Waals surface area contributed by atoms with Crippen LogP contribution in [-0.2, 0) is 15.7 Å². The van der Waals surface area contributed by atoms with Gasteiger partial charge in [0.1, 0.15) is 6.54 Å². The summed E-state index contributed by atoms with van der Waals surface area (Å²) in [6.45, 7) is 2.15. The Morgan fingerprint density at radius 2 is 2.19 bits per heavy atom. The van der Waals surface area contributed by atoms with Crippen molar-refractivity contribution in [2.24, 2.45) is 4.99 Å². The second-order valence-corrected chi connectivity index (χ2v) is 4.42. The topological polar surface area (TPSA) is 67.9 Å². The van der Waals surface area contributed by atoms with E-state index in [-0.39, 0.29) is 18.8 Å². The molecule has 0 radical (unpaired) electrons. The van der Waals surface area contributed by atoms with E-state index in [4.69, 9.17) is 10.5 Å². The second-order valence-electron chi connectivity index (χ2n) is 4.42. The highest BCUT2D eigenvalue weighted by Gasteiger charge is 2.34. The van der Waals surface area contributed by atoms with Gasteiger partial charge >= 0.3 is 12.1 Å². The first-order valence-electron chi connectivity index (χ1n) is 6.26. The van der Waals surface area contributed by atoms with E-state index in [0.29, 0.717) is 12.2 Å². The fraction of sp³-hybridized carbons (Fsp3) is 0.385. The quantitative estimate of drug-likeness (QED) is 0.687. The molecule has 1 aromatic rings. The molecule has 2 N–H and O–H groups in total. The van der Waals surface area contributed by atoms with Crippen LogP contribution in [0.5, 0.6) is 0 Å². The molecule has 114 valence electrons. The fourth-order valence-corrected chi connectivity index (χ4v) is 2.04. The Labute approximate surface area is 119 Å². The van der Waals surface area contributed by atoms with Gasteiger partial charge in [0.25, 0.3) is 0 Å². The van der Waals surface area contributed by atoms with Crippen LogP contribution in [0.3, 0.4) is 0 Å². The SMILES string of the molecule is CCOC(=O)CN1CC=Nc2cc(C(F)(F)F)c(N)cc21. The number of carbonyl (C=O) groups excluding carboxylic acids is 1. The van der Waals surface area contributed by atoms with E-state index < -0.39 is 23.4 Å². The van der Waals surface area contributed by atoms with E-state index in [2.05, 4.69) is 4.99 Å². The predicted molar refractivity (Wildman–Crippen MR) is 72.9 cm³/mol. The van der Waals surface area contributed by atoms with Crippen molar-refractivity contribution in [3.05, 3.63) is 17.7 Å². The van der Waals surface area contributed by atoms with Crippen LogP contribution >= 0.6 is 0 Å². The van der Waals surface area contributed by atoms with E-state index in [9.17, 15) is 18.0 Å². The number of alkyl halides is 3. The number of nitrogens with two attached hydrogens (primary N) is 1. The maximum Gasteiger partial charge on any atom is 0.418 e. The summed E-state index contributed by atoms with van der Waals surface area (Å²) in [5.74, 6) is -0.461. The van der Waals surface area contributed by atoms with E-state index in [0.717, 1.165) is 6.07 Å². The minimum Gasteiger partial charge on any atom is -0.465 e. The van der Waals surface area contributed by atoms with E-state index >= 15 is 0 Å². The molecule has 1 aliphatic heterocycles. The number of benzene rings is 1. The molecule has 1 heterocycles. The van der Waals surface area contributed by atoms with Crippen LogP contribution < -0.4 is 10.6 Å². The van der Waals surface area contributed by atoms with Gasteiger partial charge in [-0.3, -0.25) is 9.79 Å². The van der Waals surface area contributed by atoms with Crippen LogP contribution in [0.1, 0.15) is 12.5 Å². The number of nitrogens with zero attached hydrogens (tertiary/aromatic N) is 2. The smallest absolute Gasteiger partial charge is 0.418 e. The number of nitrogen functional groups attached to an aromatic ring is 1. The molecule has 1 aromatic carbocycles. The Kier molecular flexibility index (Phi) is 4.06. The molecule has 21 heavy (non-hydrogen) atoms. The van der Waals surface area contributed by atoms with Crippen molar-refractivity contribution < 1.29 is 22.7 Å². The number of hydrogen-bond donors (Lipinski definition) is 1. The number of anilines is 2. The number of hydrogen-bond acceptors (Lipinski definition) is 5. The zero-order valence-corrected chi connectivity index (χ0v) is 11.3. The van der Waals surface area contributed by atoms with Crippen LogP contribution in [0.15, 0.2) is 17.1 Å². The maximum atomic E-state index is 12.8. The van der Waals surface area contributed by atoms with Gasteiger partial charge in [0, 0.05) is 11.9 Å². The van der Waals surface area contributed by atoms with Gasteiger partial charge in [0.05, 0.1) is 30.1 Å². The number of carbonyl (C=O) groups is 1. The average molecular weight is 301 g/mol. The number of rotatable bonds is 3. The first-order chi connectivity index (χ1) is 9.82. The molecule has 0 amide bonds. The standard InChI is InChI=1S/C13H14F3N3O2/c1-2-21-12(20)7-19-4-3-18-10-5-8(13(14,15)16)9(17)6-11(10)19/h3,5-6H,2,4,7,17H2,1H3. The third-order valence-electron chi connectivity index (χ3n) is 2.95. The monoisotopic (exact) mass is 301 g/mol. The Bertz CT molecular complexity index is 585. The number of esters is 1. The molecule has 0 spiro atoms. The third-order valence-corrected chi connectivity index (χ3v) is 2.95. The average Bonchev–Trinajstić information content (AvgIpc) is 2.38. The summed E-state index contributed by atoms with van der Waals surface area (Å²) in [7, 11) is 0. The molecule has 0 saturated carbocycles. The highest BCUT2D eigenvalue weighted by atomic mass is 19.4. The lowest BCUT2D eigenvalue weighted by Crippen LogP contribution is -2.34. The molecule has 0 aliphatic carbocycles. The summed E-state index contributed by atoms with van der Waals surface area (Å²) in [6, 6.07) is 2.08. The molecule has 2 rings (SSSR count). The van der Waals surface area contributed by atoms with Gasteiger partial charge in [-0.05, 0) is 19.1 Å². The van der Waals surface area contributed by atoms with Gasteiger partial charge in [0.15, 0.2) is 0 Å². The normalized spacial score (nSPS) is 14.0. The van der Waals surface area contributed by atoms with E-state index in [1.54, 1.807) is 11.8 Å². The van der Waals surface area contributed by atoms with E-state index in [1.165, 1.54) is 12.3 Å². The van der Waals surface area contributed by atoms with E-state index in [1.807, 2.05) is 0 Å². The highest BCUT2D eigenvalue weighted by Crippen LogP contribution is 2.41. The third kappa shape index (κ3) is 3.26. The number of aliphatic imine (C=N–C) groups is 1. The minimum absolute atomic E-state index is 0.0718. The van der Waals surface area contributed by atoms with Crippen molar-refractivity contribution in [3.63, 3.8) is 0 Å². The van der Waals surface area contributed by atoms with Gasteiger partial charge in [-0.2, -0.15) is 13.2 Å². The number of ether oxygens (including phenoxy) is 1. The molecule has 0 saturated heterocycles. The fourth-order valence-electron chi connectivity index (χ4n) is 2.04. The summed E-state index contributed by atoms with van der Waals surface area (Å²) >= 11 is 0.